The fourth-order valence-electron chi connectivity index (χ4n) is 1.05. The Bertz CT molecular complexity index is 419. The van der Waals surface area contributed by atoms with Crippen molar-refractivity contribution in [3.63, 3.8) is 0 Å². The Kier molecular flexibility index (Phi) is 3.17. The van der Waals surface area contributed by atoms with Crippen LogP contribution in [0.5, 0.6) is 0 Å². The van der Waals surface area contributed by atoms with Crippen LogP contribution in [0.3, 0.4) is 0 Å². The lowest BCUT2D eigenvalue weighted by atomic mass is 10.1. The second-order valence-electron chi connectivity index (χ2n) is 3.14. The molecule has 14 heavy (non-hydrogen) atoms. The summed E-state index contributed by atoms with van der Waals surface area (Å²) in [5.41, 5.74) is 5.95. The van der Waals surface area contributed by atoms with Crippen LogP contribution in [0.2, 0.25) is 0 Å². The Labute approximate surface area is 81.9 Å². The molecule has 1 aromatic heterocycles. The van der Waals surface area contributed by atoms with Crippen molar-refractivity contribution in [3.05, 3.63) is 29.8 Å². The van der Waals surface area contributed by atoms with E-state index in [2.05, 4.69) is 4.98 Å². The molecule has 6 heteroatoms. The molecular formula is C8H11FN2O2S. The third-order valence-corrected chi connectivity index (χ3v) is 2.60. The van der Waals surface area contributed by atoms with Crippen molar-refractivity contribution in [3.8, 4) is 0 Å². The van der Waals surface area contributed by atoms with E-state index in [9.17, 15) is 12.8 Å². The van der Waals surface area contributed by atoms with Crippen LogP contribution in [0, 0.1) is 5.82 Å². The number of rotatable bonds is 3. The zero-order valence-electron chi connectivity index (χ0n) is 7.64. The first-order valence-corrected chi connectivity index (χ1v) is 5.98. The van der Waals surface area contributed by atoms with E-state index >= 15 is 0 Å². The Hall–Kier alpha value is -1.01. The monoisotopic (exact) mass is 218 g/mol. The number of aromatic nitrogens is 1. The molecule has 4 nitrogen and oxygen atoms in total. The number of hydrogen-bond acceptors (Lipinski definition) is 4. The minimum absolute atomic E-state index is 0.210. The van der Waals surface area contributed by atoms with Gasteiger partial charge in [-0.1, -0.05) is 0 Å². The summed E-state index contributed by atoms with van der Waals surface area (Å²) in [6, 6.07) is 0.455. The highest BCUT2D eigenvalue weighted by molar-refractivity contribution is 7.90. The van der Waals surface area contributed by atoms with Crippen molar-refractivity contribution in [2.75, 3.05) is 12.0 Å². The van der Waals surface area contributed by atoms with Crippen molar-refractivity contribution in [2.24, 2.45) is 5.73 Å². The van der Waals surface area contributed by atoms with Gasteiger partial charge in [-0.25, -0.2) is 12.8 Å². The third kappa shape index (κ3) is 3.39. The first kappa shape index (κ1) is 11.1. The highest BCUT2D eigenvalue weighted by Gasteiger charge is 2.13. The van der Waals surface area contributed by atoms with Gasteiger partial charge in [0.05, 0.1) is 11.9 Å². The molecule has 2 N–H and O–H groups in total. The molecule has 0 saturated carbocycles. The van der Waals surface area contributed by atoms with Crippen LogP contribution in [-0.2, 0) is 9.84 Å². The van der Waals surface area contributed by atoms with E-state index in [-0.39, 0.29) is 5.75 Å². The van der Waals surface area contributed by atoms with E-state index in [1.165, 1.54) is 12.3 Å². The van der Waals surface area contributed by atoms with E-state index in [1.54, 1.807) is 0 Å². The third-order valence-electron chi connectivity index (χ3n) is 1.64. The van der Waals surface area contributed by atoms with Crippen molar-refractivity contribution in [2.45, 2.75) is 6.04 Å². The molecule has 0 aliphatic rings. The summed E-state index contributed by atoms with van der Waals surface area (Å²) < 4.78 is 34.5. The predicted molar refractivity (Wildman–Crippen MR) is 50.8 cm³/mol. The number of halogens is 1. The minimum atomic E-state index is -3.16. The van der Waals surface area contributed by atoms with E-state index in [0.717, 1.165) is 12.5 Å². The van der Waals surface area contributed by atoms with E-state index < -0.39 is 21.7 Å². The highest BCUT2D eigenvalue weighted by atomic mass is 32.2. The van der Waals surface area contributed by atoms with E-state index in [1.807, 2.05) is 0 Å². The molecule has 0 saturated heterocycles. The average molecular weight is 218 g/mol. The SMILES string of the molecule is CS(=O)(=O)CC(N)c1cncc(F)c1. The molecule has 1 heterocycles. The molecule has 1 aromatic rings. The Morgan fingerprint density at radius 2 is 2.21 bits per heavy atom. The molecule has 0 aliphatic carbocycles. The summed E-state index contributed by atoms with van der Waals surface area (Å²) in [6.45, 7) is 0. The van der Waals surface area contributed by atoms with Gasteiger partial charge in [0.2, 0.25) is 0 Å². The largest absolute Gasteiger partial charge is 0.323 e. The van der Waals surface area contributed by atoms with Crippen LogP contribution in [-0.4, -0.2) is 25.4 Å². The smallest absolute Gasteiger partial charge is 0.149 e. The number of nitrogens with two attached hydrogens (primary N) is 1. The van der Waals surface area contributed by atoms with Gasteiger partial charge in [0, 0.05) is 18.5 Å². The topological polar surface area (TPSA) is 73.0 Å². The van der Waals surface area contributed by atoms with E-state index in [4.69, 9.17) is 5.73 Å². The van der Waals surface area contributed by atoms with Crippen LogP contribution >= 0.6 is 0 Å². The molecule has 78 valence electrons. The lowest BCUT2D eigenvalue weighted by Gasteiger charge is -2.09. The van der Waals surface area contributed by atoms with Crippen molar-refractivity contribution >= 4 is 9.84 Å². The van der Waals surface area contributed by atoms with Gasteiger partial charge >= 0.3 is 0 Å². The van der Waals surface area contributed by atoms with Crippen LogP contribution in [0.1, 0.15) is 11.6 Å². The summed E-state index contributed by atoms with van der Waals surface area (Å²) >= 11 is 0. The molecule has 0 aliphatic heterocycles. The summed E-state index contributed by atoms with van der Waals surface area (Å²) in [6.07, 6.45) is 3.48. The Morgan fingerprint density at radius 1 is 1.57 bits per heavy atom. The summed E-state index contributed by atoms with van der Waals surface area (Å²) in [5.74, 6) is -0.732. The van der Waals surface area contributed by atoms with Gasteiger partial charge < -0.3 is 5.73 Å². The fourth-order valence-corrected chi connectivity index (χ4v) is 1.90. The molecule has 1 unspecified atom stereocenters. The van der Waals surface area contributed by atoms with Gasteiger partial charge in [-0.05, 0) is 11.6 Å². The van der Waals surface area contributed by atoms with Crippen LogP contribution in [0.15, 0.2) is 18.5 Å². The van der Waals surface area contributed by atoms with Crippen LogP contribution < -0.4 is 5.73 Å². The molecular weight excluding hydrogens is 207 g/mol. The standard InChI is InChI=1S/C8H11FN2O2S/c1-14(12,13)5-8(10)6-2-7(9)4-11-3-6/h2-4,8H,5,10H2,1H3. The quantitative estimate of drug-likeness (QED) is 0.790. The van der Waals surface area contributed by atoms with Crippen molar-refractivity contribution in [1.82, 2.24) is 4.98 Å². The second kappa shape index (κ2) is 4.02. The molecule has 0 radical (unpaired) electrons. The molecule has 1 rings (SSSR count). The lowest BCUT2D eigenvalue weighted by molar-refractivity contribution is 0.591. The Balaban J connectivity index is 2.85. The minimum Gasteiger partial charge on any atom is -0.323 e. The fraction of sp³-hybridized carbons (Fsp3) is 0.375. The van der Waals surface area contributed by atoms with Gasteiger partial charge in [-0.2, -0.15) is 0 Å². The maximum atomic E-state index is 12.7. The van der Waals surface area contributed by atoms with Gasteiger partial charge in [0.15, 0.2) is 0 Å². The predicted octanol–water partition coefficient (Wildman–Crippen LogP) is 0.265. The average Bonchev–Trinajstić information content (AvgIpc) is 2.01. The first-order valence-electron chi connectivity index (χ1n) is 3.92. The molecule has 0 fully saturated rings. The summed E-state index contributed by atoms with van der Waals surface area (Å²) in [7, 11) is -3.16. The van der Waals surface area contributed by atoms with Crippen molar-refractivity contribution in [1.29, 1.82) is 0 Å². The second-order valence-corrected chi connectivity index (χ2v) is 5.32. The number of nitrogens with zero attached hydrogens (tertiary/aromatic N) is 1. The van der Waals surface area contributed by atoms with Crippen LogP contribution in [0.25, 0.3) is 0 Å². The van der Waals surface area contributed by atoms with Gasteiger partial charge in [-0.3, -0.25) is 4.98 Å². The molecule has 0 amide bonds. The number of hydrogen-bond donors (Lipinski definition) is 1. The first-order chi connectivity index (χ1) is 6.38. The van der Waals surface area contributed by atoms with Gasteiger partial charge in [0.25, 0.3) is 0 Å². The molecule has 0 aromatic carbocycles. The number of pyridine rings is 1. The zero-order valence-corrected chi connectivity index (χ0v) is 8.46. The maximum absolute atomic E-state index is 12.7. The number of sulfone groups is 1. The maximum Gasteiger partial charge on any atom is 0.149 e. The molecule has 0 bridgehead atoms. The summed E-state index contributed by atoms with van der Waals surface area (Å²) in [4.78, 5) is 3.59. The normalized spacial score (nSPS) is 13.9. The molecule has 0 spiro atoms. The van der Waals surface area contributed by atoms with E-state index in [0.29, 0.717) is 5.56 Å². The zero-order chi connectivity index (χ0) is 10.8. The van der Waals surface area contributed by atoms with Crippen molar-refractivity contribution < 1.29 is 12.8 Å². The van der Waals surface area contributed by atoms with Gasteiger partial charge in [0.1, 0.15) is 15.7 Å². The Morgan fingerprint density at radius 3 is 2.71 bits per heavy atom. The van der Waals surface area contributed by atoms with Crippen LogP contribution in [0.4, 0.5) is 4.39 Å². The highest BCUT2D eigenvalue weighted by Crippen LogP contribution is 2.11. The summed E-state index contributed by atoms with van der Waals surface area (Å²) in [5, 5.41) is 0. The lowest BCUT2D eigenvalue weighted by Crippen LogP contribution is -2.21. The van der Waals surface area contributed by atoms with Gasteiger partial charge in [-0.15, -0.1) is 0 Å². The molecule has 1 atom stereocenters.